The normalized spacial score (nSPS) is 16.9. The summed E-state index contributed by atoms with van der Waals surface area (Å²) in [7, 11) is 0. The van der Waals surface area contributed by atoms with Crippen molar-refractivity contribution in [1.82, 2.24) is 10.6 Å². The number of carbonyl (C=O) groups excluding carboxylic acids is 2. The Bertz CT molecular complexity index is 529. The van der Waals surface area contributed by atoms with Crippen LogP contribution in [-0.2, 0) is 16.1 Å². The van der Waals surface area contributed by atoms with E-state index in [9.17, 15) is 14.7 Å². The number of nitrogens with one attached hydrogen (secondary N) is 2. The molecule has 1 aliphatic rings. The number of carbonyl (C=O) groups is 2. The molecule has 1 saturated carbocycles. The molecule has 2 rings (SSSR count). The minimum atomic E-state index is -0.959. The van der Waals surface area contributed by atoms with Crippen molar-refractivity contribution in [2.75, 3.05) is 0 Å². The largest absolute Gasteiger partial charge is 0.391 e. The van der Waals surface area contributed by atoms with Gasteiger partial charge >= 0.3 is 0 Å². The first-order chi connectivity index (χ1) is 9.99. The van der Waals surface area contributed by atoms with E-state index in [4.69, 9.17) is 11.6 Å². The molecule has 0 aliphatic heterocycles. The molecule has 114 valence electrons. The van der Waals surface area contributed by atoms with E-state index < -0.39 is 18.1 Å². The molecular formula is C15H19ClN2O3. The Morgan fingerprint density at radius 1 is 1.38 bits per heavy atom. The summed E-state index contributed by atoms with van der Waals surface area (Å²) in [6.07, 6.45) is 0.734. The Balaban J connectivity index is 1.92. The van der Waals surface area contributed by atoms with Crippen LogP contribution in [0.2, 0.25) is 5.02 Å². The summed E-state index contributed by atoms with van der Waals surface area (Å²) in [5.74, 6) is -0.602. The second-order valence-corrected chi connectivity index (χ2v) is 5.72. The number of halogens is 1. The Kier molecular flexibility index (Phi) is 5.20. The van der Waals surface area contributed by atoms with E-state index in [1.54, 1.807) is 6.07 Å². The van der Waals surface area contributed by atoms with Crippen molar-refractivity contribution in [3.63, 3.8) is 0 Å². The molecule has 2 amide bonds. The number of aliphatic hydroxyl groups is 1. The maximum absolute atomic E-state index is 12.1. The summed E-state index contributed by atoms with van der Waals surface area (Å²) in [5, 5.41) is 15.5. The highest BCUT2D eigenvalue weighted by atomic mass is 35.5. The molecule has 5 nitrogen and oxygen atoms in total. The molecule has 0 saturated heterocycles. The van der Waals surface area contributed by atoms with Crippen LogP contribution in [0.25, 0.3) is 0 Å². The minimum absolute atomic E-state index is 0.0115. The molecule has 2 atom stereocenters. The van der Waals surface area contributed by atoms with Gasteiger partial charge in [-0.25, -0.2) is 0 Å². The molecule has 0 spiro atoms. The summed E-state index contributed by atoms with van der Waals surface area (Å²) >= 11 is 6.01. The lowest BCUT2D eigenvalue weighted by Crippen LogP contribution is -2.52. The fourth-order valence-electron chi connectivity index (χ4n) is 1.96. The lowest BCUT2D eigenvalue weighted by Gasteiger charge is -2.21. The number of amides is 2. The van der Waals surface area contributed by atoms with Gasteiger partial charge in [0.05, 0.1) is 6.10 Å². The first-order valence-electron chi connectivity index (χ1n) is 6.98. The monoisotopic (exact) mass is 310 g/mol. The zero-order valence-electron chi connectivity index (χ0n) is 11.8. The number of hydrogen-bond acceptors (Lipinski definition) is 3. The van der Waals surface area contributed by atoms with Crippen LogP contribution in [0, 0.1) is 5.92 Å². The third-order valence-corrected chi connectivity index (χ3v) is 3.79. The molecule has 0 bridgehead atoms. The van der Waals surface area contributed by atoms with Crippen LogP contribution < -0.4 is 10.6 Å². The number of hydrogen-bond donors (Lipinski definition) is 3. The van der Waals surface area contributed by atoms with Gasteiger partial charge in [-0.3, -0.25) is 9.59 Å². The Labute approximate surface area is 128 Å². The van der Waals surface area contributed by atoms with Gasteiger partial charge in [0.25, 0.3) is 0 Å². The second kappa shape index (κ2) is 6.91. The average Bonchev–Trinajstić information content (AvgIpc) is 3.27. The van der Waals surface area contributed by atoms with Gasteiger partial charge in [-0.05, 0) is 31.4 Å². The van der Waals surface area contributed by atoms with Crippen molar-refractivity contribution in [2.45, 2.75) is 38.5 Å². The summed E-state index contributed by atoms with van der Waals surface area (Å²) in [5.41, 5.74) is 0.783. The quantitative estimate of drug-likeness (QED) is 0.739. The summed E-state index contributed by atoms with van der Waals surface area (Å²) in [4.78, 5) is 23.8. The molecule has 21 heavy (non-hydrogen) atoms. The molecule has 0 heterocycles. The van der Waals surface area contributed by atoms with E-state index >= 15 is 0 Å². The fraction of sp³-hybridized carbons (Fsp3) is 0.467. The van der Waals surface area contributed by atoms with Crippen molar-refractivity contribution in [3.8, 4) is 0 Å². The smallest absolute Gasteiger partial charge is 0.245 e. The maximum Gasteiger partial charge on any atom is 0.245 e. The van der Waals surface area contributed by atoms with Crippen molar-refractivity contribution in [1.29, 1.82) is 0 Å². The molecule has 1 fully saturated rings. The van der Waals surface area contributed by atoms with Gasteiger partial charge in [0.15, 0.2) is 0 Å². The van der Waals surface area contributed by atoms with Crippen LogP contribution in [0.15, 0.2) is 24.3 Å². The van der Waals surface area contributed by atoms with Crippen LogP contribution in [-0.4, -0.2) is 29.1 Å². The summed E-state index contributed by atoms with van der Waals surface area (Å²) in [6, 6.07) is 6.24. The highest BCUT2D eigenvalue weighted by Crippen LogP contribution is 2.29. The lowest BCUT2D eigenvalue weighted by molar-refractivity contribution is -0.132. The van der Waals surface area contributed by atoms with E-state index in [2.05, 4.69) is 10.6 Å². The van der Waals surface area contributed by atoms with Crippen molar-refractivity contribution < 1.29 is 14.7 Å². The van der Waals surface area contributed by atoms with Crippen molar-refractivity contribution in [3.05, 3.63) is 34.9 Å². The fourth-order valence-corrected chi connectivity index (χ4v) is 2.16. The van der Waals surface area contributed by atoms with Crippen molar-refractivity contribution in [2.24, 2.45) is 5.92 Å². The standard InChI is InChI=1S/C15H19ClN2O3/c1-9(19)13(18-14(20)10-6-7-10)15(21)17-8-11-4-2-3-5-12(11)16/h2-5,9-10,13,19H,6-8H2,1H3,(H,17,21)(H,18,20). The first-order valence-corrected chi connectivity index (χ1v) is 7.36. The van der Waals surface area contributed by atoms with E-state index in [0.717, 1.165) is 18.4 Å². The van der Waals surface area contributed by atoms with Gasteiger partial charge in [0.1, 0.15) is 6.04 Å². The van der Waals surface area contributed by atoms with Gasteiger partial charge < -0.3 is 15.7 Å². The molecule has 6 heteroatoms. The maximum atomic E-state index is 12.1. The highest BCUT2D eigenvalue weighted by Gasteiger charge is 2.34. The van der Waals surface area contributed by atoms with Gasteiger partial charge in [0.2, 0.25) is 11.8 Å². The van der Waals surface area contributed by atoms with Crippen LogP contribution in [0.5, 0.6) is 0 Å². The van der Waals surface area contributed by atoms with E-state index in [1.807, 2.05) is 18.2 Å². The molecular weight excluding hydrogens is 292 g/mol. The van der Waals surface area contributed by atoms with Crippen molar-refractivity contribution >= 4 is 23.4 Å². The topological polar surface area (TPSA) is 78.4 Å². The van der Waals surface area contributed by atoms with Gasteiger partial charge in [-0.15, -0.1) is 0 Å². The van der Waals surface area contributed by atoms with Crippen LogP contribution >= 0.6 is 11.6 Å². The highest BCUT2D eigenvalue weighted by molar-refractivity contribution is 6.31. The van der Waals surface area contributed by atoms with Gasteiger partial charge in [-0.2, -0.15) is 0 Å². The molecule has 1 aromatic carbocycles. The third-order valence-electron chi connectivity index (χ3n) is 3.42. The average molecular weight is 311 g/mol. The second-order valence-electron chi connectivity index (χ2n) is 5.31. The van der Waals surface area contributed by atoms with Crippen LogP contribution in [0.1, 0.15) is 25.3 Å². The van der Waals surface area contributed by atoms with Gasteiger partial charge in [0, 0.05) is 17.5 Å². The SMILES string of the molecule is CC(O)C(NC(=O)C1CC1)C(=O)NCc1ccccc1Cl. The predicted molar refractivity (Wildman–Crippen MR) is 79.6 cm³/mol. The van der Waals surface area contributed by atoms with E-state index in [1.165, 1.54) is 6.92 Å². The van der Waals surface area contributed by atoms with Gasteiger partial charge in [-0.1, -0.05) is 29.8 Å². The third kappa shape index (κ3) is 4.44. The molecule has 1 aromatic rings. The van der Waals surface area contributed by atoms with E-state index in [-0.39, 0.29) is 18.4 Å². The molecule has 2 unspecified atom stereocenters. The molecule has 1 aliphatic carbocycles. The first kappa shape index (κ1) is 15.8. The predicted octanol–water partition coefficient (Wildman–Crippen LogP) is 1.23. The minimum Gasteiger partial charge on any atom is -0.391 e. The Hall–Kier alpha value is -1.59. The number of rotatable bonds is 6. The number of benzene rings is 1. The van der Waals surface area contributed by atoms with Crippen LogP contribution in [0.3, 0.4) is 0 Å². The Morgan fingerprint density at radius 3 is 2.62 bits per heavy atom. The Morgan fingerprint density at radius 2 is 2.05 bits per heavy atom. The number of aliphatic hydroxyl groups excluding tert-OH is 1. The molecule has 0 radical (unpaired) electrons. The summed E-state index contributed by atoms with van der Waals surface area (Å²) < 4.78 is 0. The lowest BCUT2D eigenvalue weighted by atomic mass is 10.1. The molecule has 0 aromatic heterocycles. The zero-order valence-corrected chi connectivity index (χ0v) is 12.6. The zero-order chi connectivity index (χ0) is 15.4. The van der Waals surface area contributed by atoms with Crippen LogP contribution in [0.4, 0.5) is 0 Å². The summed E-state index contributed by atoms with van der Waals surface area (Å²) in [6.45, 7) is 1.73. The molecule has 3 N–H and O–H groups in total. The van der Waals surface area contributed by atoms with E-state index in [0.29, 0.717) is 5.02 Å².